The highest BCUT2D eigenvalue weighted by Crippen LogP contribution is 2.29. The van der Waals surface area contributed by atoms with Gasteiger partial charge in [0.05, 0.1) is 16.3 Å². The highest BCUT2D eigenvalue weighted by molar-refractivity contribution is 9.10. The molecular weight excluding hydrogens is 329 g/mol. The number of amidine groups is 1. The van der Waals surface area contributed by atoms with Crippen LogP contribution in [0.2, 0.25) is 0 Å². The van der Waals surface area contributed by atoms with Gasteiger partial charge in [0.1, 0.15) is 0 Å². The van der Waals surface area contributed by atoms with E-state index in [1.165, 1.54) is 0 Å². The largest absolute Gasteiger partial charge is 0.409 e. The van der Waals surface area contributed by atoms with E-state index >= 15 is 0 Å². The van der Waals surface area contributed by atoms with Crippen LogP contribution in [0.3, 0.4) is 0 Å². The predicted molar refractivity (Wildman–Crippen MR) is 78.9 cm³/mol. The van der Waals surface area contributed by atoms with Crippen LogP contribution >= 0.6 is 15.9 Å². The van der Waals surface area contributed by atoms with Crippen LogP contribution in [0.5, 0.6) is 0 Å². The average Bonchev–Trinajstić information content (AvgIpc) is 2.93. The molecule has 0 aliphatic carbocycles. The number of halogens is 2. The lowest BCUT2D eigenvalue weighted by Gasteiger charge is -2.24. The zero-order chi connectivity index (χ0) is 14.7. The van der Waals surface area contributed by atoms with E-state index in [9.17, 15) is 4.39 Å². The van der Waals surface area contributed by atoms with Crippen LogP contribution in [0.1, 0.15) is 18.4 Å². The molecule has 20 heavy (non-hydrogen) atoms. The molecule has 1 saturated heterocycles. The normalized spacial score (nSPS) is 19.4. The van der Waals surface area contributed by atoms with E-state index < -0.39 is 5.82 Å². The Balaban J connectivity index is 2.22. The number of rotatable bonds is 4. The first-order valence-electron chi connectivity index (χ1n) is 6.33. The Hall–Kier alpha value is -1.34. The van der Waals surface area contributed by atoms with Crippen molar-refractivity contribution in [3.8, 4) is 0 Å². The smallest absolute Gasteiger partial charge is 0.171 e. The van der Waals surface area contributed by atoms with Crippen molar-refractivity contribution in [3.63, 3.8) is 0 Å². The topological polar surface area (TPSA) is 71.1 Å². The van der Waals surface area contributed by atoms with Crippen molar-refractivity contribution in [1.82, 2.24) is 0 Å². The molecule has 1 aromatic rings. The lowest BCUT2D eigenvalue weighted by molar-refractivity contribution is 0.116. The van der Waals surface area contributed by atoms with Gasteiger partial charge in [0.15, 0.2) is 11.7 Å². The Bertz CT molecular complexity index is 519. The van der Waals surface area contributed by atoms with E-state index in [0.29, 0.717) is 17.8 Å². The average molecular weight is 346 g/mol. The van der Waals surface area contributed by atoms with Gasteiger partial charge in [0.2, 0.25) is 0 Å². The van der Waals surface area contributed by atoms with Crippen molar-refractivity contribution in [2.45, 2.75) is 18.9 Å². The van der Waals surface area contributed by atoms with Crippen LogP contribution in [0.15, 0.2) is 21.8 Å². The lowest BCUT2D eigenvalue weighted by atomic mass is 10.1. The summed E-state index contributed by atoms with van der Waals surface area (Å²) in [6, 6.07) is 3.23. The molecule has 2 rings (SSSR count). The molecule has 5 nitrogen and oxygen atoms in total. The third-order valence-electron chi connectivity index (χ3n) is 3.36. The first kappa shape index (κ1) is 15.1. The number of nitrogens with two attached hydrogens (primary N) is 1. The van der Waals surface area contributed by atoms with Gasteiger partial charge in [-0.25, -0.2) is 4.39 Å². The van der Waals surface area contributed by atoms with Gasteiger partial charge in [0.25, 0.3) is 0 Å². The van der Waals surface area contributed by atoms with Gasteiger partial charge >= 0.3 is 0 Å². The second-order valence-electron chi connectivity index (χ2n) is 4.76. The Kier molecular flexibility index (Phi) is 4.82. The molecule has 0 amide bonds. The zero-order valence-corrected chi connectivity index (χ0v) is 12.7. The summed E-state index contributed by atoms with van der Waals surface area (Å²) in [4.78, 5) is 1.81. The third kappa shape index (κ3) is 3.04. The molecule has 0 spiro atoms. The molecule has 1 fully saturated rings. The maximum absolute atomic E-state index is 14.4. The molecule has 0 bridgehead atoms. The molecule has 0 aromatic heterocycles. The molecule has 0 saturated carbocycles. The van der Waals surface area contributed by atoms with Crippen molar-refractivity contribution in [1.29, 1.82) is 0 Å². The second-order valence-corrected chi connectivity index (χ2v) is 5.55. The summed E-state index contributed by atoms with van der Waals surface area (Å²) in [6.07, 6.45) is 2.18. The summed E-state index contributed by atoms with van der Waals surface area (Å²) < 4.78 is 20.1. The van der Waals surface area contributed by atoms with Crippen LogP contribution in [0, 0.1) is 5.82 Å². The molecule has 3 N–H and O–H groups in total. The van der Waals surface area contributed by atoms with Crippen LogP contribution in [-0.2, 0) is 4.74 Å². The summed E-state index contributed by atoms with van der Waals surface area (Å²) in [7, 11) is 1.82. The second kappa shape index (κ2) is 6.41. The Morgan fingerprint density at radius 3 is 3.00 bits per heavy atom. The minimum absolute atomic E-state index is 0.135. The van der Waals surface area contributed by atoms with E-state index in [2.05, 4.69) is 21.1 Å². The minimum atomic E-state index is -0.436. The summed E-state index contributed by atoms with van der Waals surface area (Å²) >= 11 is 3.15. The van der Waals surface area contributed by atoms with Gasteiger partial charge in [-0.15, -0.1) is 0 Å². The zero-order valence-electron chi connectivity index (χ0n) is 11.1. The molecule has 110 valence electrons. The van der Waals surface area contributed by atoms with Crippen LogP contribution < -0.4 is 10.6 Å². The SMILES string of the molecule is CN(CC1CCCO1)c1ccc(/C(N)=N/O)c(Br)c1F. The highest BCUT2D eigenvalue weighted by atomic mass is 79.9. The first-order chi connectivity index (χ1) is 9.54. The van der Waals surface area contributed by atoms with Gasteiger partial charge in [-0.2, -0.15) is 0 Å². The fourth-order valence-electron chi connectivity index (χ4n) is 2.28. The minimum Gasteiger partial charge on any atom is -0.409 e. The lowest BCUT2D eigenvalue weighted by Crippen LogP contribution is -2.29. The van der Waals surface area contributed by atoms with E-state index in [0.717, 1.165) is 19.4 Å². The van der Waals surface area contributed by atoms with Gasteiger partial charge in [-0.3, -0.25) is 0 Å². The van der Waals surface area contributed by atoms with Crippen molar-refractivity contribution in [2.75, 3.05) is 25.1 Å². The summed E-state index contributed by atoms with van der Waals surface area (Å²) in [5.41, 5.74) is 6.26. The summed E-state index contributed by atoms with van der Waals surface area (Å²) in [5, 5.41) is 11.5. The number of likely N-dealkylation sites (N-methyl/N-ethyl adjacent to an activating group) is 1. The number of nitrogens with zero attached hydrogens (tertiary/aromatic N) is 2. The molecule has 1 heterocycles. The van der Waals surface area contributed by atoms with Crippen LogP contribution in [-0.4, -0.2) is 37.3 Å². The van der Waals surface area contributed by atoms with Gasteiger partial charge in [-0.1, -0.05) is 5.16 Å². The highest BCUT2D eigenvalue weighted by Gasteiger charge is 2.21. The Labute approximate surface area is 125 Å². The van der Waals surface area contributed by atoms with Crippen LogP contribution in [0.4, 0.5) is 10.1 Å². The monoisotopic (exact) mass is 345 g/mol. The predicted octanol–water partition coefficient (Wildman–Crippen LogP) is 2.30. The molecule has 1 aromatic carbocycles. The number of anilines is 1. The van der Waals surface area contributed by atoms with Crippen molar-refractivity contribution < 1.29 is 14.3 Å². The van der Waals surface area contributed by atoms with Gasteiger partial charge in [0, 0.05) is 25.8 Å². The fraction of sp³-hybridized carbons (Fsp3) is 0.462. The Morgan fingerprint density at radius 2 is 2.40 bits per heavy atom. The van der Waals surface area contributed by atoms with E-state index in [-0.39, 0.29) is 16.4 Å². The first-order valence-corrected chi connectivity index (χ1v) is 7.12. The molecule has 0 radical (unpaired) electrons. The van der Waals surface area contributed by atoms with Crippen molar-refractivity contribution >= 4 is 27.5 Å². The maximum Gasteiger partial charge on any atom is 0.171 e. The number of hydrogen-bond donors (Lipinski definition) is 2. The molecule has 1 aliphatic heterocycles. The van der Waals surface area contributed by atoms with E-state index in [4.69, 9.17) is 15.7 Å². The van der Waals surface area contributed by atoms with Crippen LogP contribution in [0.25, 0.3) is 0 Å². The number of benzene rings is 1. The maximum atomic E-state index is 14.4. The van der Waals surface area contributed by atoms with Gasteiger partial charge < -0.3 is 20.6 Å². The third-order valence-corrected chi connectivity index (χ3v) is 4.13. The summed E-state index contributed by atoms with van der Waals surface area (Å²) in [5.74, 6) is -0.571. The molecule has 1 aliphatic rings. The molecule has 1 unspecified atom stereocenters. The number of oxime groups is 1. The molecule has 1 atom stereocenters. The standard InChI is InChI=1S/C13H17BrFN3O2/c1-18(7-8-3-2-6-20-8)10-5-4-9(13(16)17-19)11(14)12(10)15/h4-5,8,19H,2-3,6-7H2,1H3,(H2,16,17). The Morgan fingerprint density at radius 1 is 1.65 bits per heavy atom. The number of ether oxygens (including phenoxy) is 1. The number of hydrogen-bond acceptors (Lipinski definition) is 4. The van der Waals surface area contributed by atoms with E-state index in [1.807, 2.05) is 11.9 Å². The van der Waals surface area contributed by atoms with Crippen molar-refractivity contribution in [3.05, 3.63) is 28.0 Å². The van der Waals surface area contributed by atoms with E-state index in [1.54, 1.807) is 12.1 Å². The summed E-state index contributed by atoms with van der Waals surface area (Å²) in [6.45, 7) is 1.40. The van der Waals surface area contributed by atoms with Crippen molar-refractivity contribution in [2.24, 2.45) is 10.9 Å². The fourth-order valence-corrected chi connectivity index (χ4v) is 2.82. The quantitative estimate of drug-likeness (QED) is 0.380. The van der Waals surface area contributed by atoms with Gasteiger partial charge in [-0.05, 0) is 40.9 Å². The molecule has 7 heteroatoms. The molecular formula is C13H17BrFN3O2.